The van der Waals surface area contributed by atoms with E-state index in [9.17, 15) is 0 Å². The summed E-state index contributed by atoms with van der Waals surface area (Å²) >= 11 is 3.49. The van der Waals surface area contributed by atoms with Crippen molar-refractivity contribution in [1.29, 1.82) is 0 Å². The van der Waals surface area contributed by atoms with Crippen LogP contribution in [0.2, 0.25) is 0 Å². The lowest BCUT2D eigenvalue weighted by Crippen LogP contribution is -2.41. The van der Waals surface area contributed by atoms with Crippen molar-refractivity contribution in [3.63, 3.8) is 0 Å². The summed E-state index contributed by atoms with van der Waals surface area (Å²) in [5, 5.41) is 3.19. The third-order valence-electron chi connectivity index (χ3n) is 3.60. The summed E-state index contributed by atoms with van der Waals surface area (Å²) < 4.78 is 12.4. The SMILES string of the molecule is Cc1ccc(Br)cc1C/C(N)=C/NCC1OCC(C)(C)CO1. The van der Waals surface area contributed by atoms with Crippen molar-refractivity contribution in [2.24, 2.45) is 11.1 Å². The van der Waals surface area contributed by atoms with Gasteiger partial charge in [0.1, 0.15) is 0 Å². The first-order valence-corrected chi connectivity index (χ1v) is 8.31. The summed E-state index contributed by atoms with van der Waals surface area (Å²) in [6, 6.07) is 6.23. The molecule has 1 aliphatic rings. The summed E-state index contributed by atoms with van der Waals surface area (Å²) in [6.45, 7) is 8.40. The van der Waals surface area contributed by atoms with E-state index in [1.807, 2.05) is 12.3 Å². The minimum atomic E-state index is -0.204. The minimum absolute atomic E-state index is 0.101. The smallest absolute Gasteiger partial charge is 0.174 e. The molecule has 0 amide bonds. The Labute approximate surface area is 141 Å². The Morgan fingerprint density at radius 2 is 2.09 bits per heavy atom. The number of rotatable bonds is 5. The third kappa shape index (κ3) is 5.30. The topological polar surface area (TPSA) is 56.5 Å². The van der Waals surface area contributed by atoms with Gasteiger partial charge >= 0.3 is 0 Å². The van der Waals surface area contributed by atoms with Crippen LogP contribution in [-0.4, -0.2) is 26.0 Å². The zero-order valence-corrected chi connectivity index (χ0v) is 15.1. The number of aryl methyl sites for hydroxylation is 1. The molecule has 4 nitrogen and oxygen atoms in total. The van der Waals surface area contributed by atoms with E-state index in [1.54, 1.807) is 0 Å². The monoisotopic (exact) mass is 368 g/mol. The highest BCUT2D eigenvalue weighted by Gasteiger charge is 2.27. The van der Waals surface area contributed by atoms with Crippen molar-refractivity contribution in [2.45, 2.75) is 33.5 Å². The molecule has 1 heterocycles. The van der Waals surface area contributed by atoms with Crippen LogP contribution in [0.4, 0.5) is 0 Å². The van der Waals surface area contributed by atoms with Crippen LogP contribution >= 0.6 is 15.9 Å². The standard InChI is InChI=1S/C17H25BrN2O2/c1-12-4-5-14(18)6-13(12)7-15(19)8-20-9-16-21-10-17(2,3)11-22-16/h4-6,8,16,20H,7,9-11,19H2,1-3H3/b15-8-. The summed E-state index contributed by atoms with van der Waals surface area (Å²) in [6.07, 6.45) is 2.36. The molecule has 2 rings (SSSR count). The normalized spacial score (nSPS) is 19.2. The maximum Gasteiger partial charge on any atom is 0.174 e. The molecule has 1 aliphatic heterocycles. The zero-order valence-electron chi connectivity index (χ0n) is 13.5. The largest absolute Gasteiger partial charge is 0.401 e. The van der Waals surface area contributed by atoms with E-state index in [0.717, 1.165) is 29.8 Å². The quantitative estimate of drug-likeness (QED) is 0.838. The predicted molar refractivity (Wildman–Crippen MR) is 92.3 cm³/mol. The van der Waals surface area contributed by atoms with Crippen LogP contribution in [0.5, 0.6) is 0 Å². The Kier molecular flexibility index (Phi) is 5.89. The lowest BCUT2D eigenvalue weighted by molar-refractivity contribution is -0.217. The first kappa shape index (κ1) is 17.3. The van der Waals surface area contributed by atoms with Crippen LogP contribution < -0.4 is 11.1 Å². The van der Waals surface area contributed by atoms with E-state index in [-0.39, 0.29) is 11.7 Å². The van der Waals surface area contributed by atoms with Gasteiger partial charge in [-0.3, -0.25) is 0 Å². The number of ether oxygens (including phenoxy) is 2. The molecule has 122 valence electrons. The van der Waals surface area contributed by atoms with Crippen LogP contribution in [0.3, 0.4) is 0 Å². The molecule has 0 aliphatic carbocycles. The second-order valence-electron chi connectivity index (χ2n) is 6.59. The van der Waals surface area contributed by atoms with Crippen molar-refractivity contribution in [3.8, 4) is 0 Å². The lowest BCUT2D eigenvalue weighted by atomic mass is 9.96. The molecular weight excluding hydrogens is 344 g/mol. The van der Waals surface area contributed by atoms with Crippen molar-refractivity contribution in [1.82, 2.24) is 5.32 Å². The van der Waals surface area contributed by atoms with Gasteiger partial charge in [-0.2, -0.15) is 0 Å². The van der Waals surface area contributed by atoms with Crippen LogP contribution in [0.15, 0.2) is 34.6 Å². The molecule has 1 fully saturated rings. The molecule has 0 atom stereocenters. The Hall–Kier alpha value is -1.04. The first-order chi connectivity index (χ1) is 10.4. The predicted octanol–water partition coefficient (Wildman–Crippen LogP) is 3.09. The second-order valence-corrected chi connectivity index (χ2v) is 7.51. The summed E-state index contributed by atoms with van der Waals surface area (Å²) in [5.41, 5.74) is 9.43. The van der Waals surface area contributed by atoms with E-state index >= 15 is 0 Å². The fourth-order valence-electron chi connectivity index (χ4n) is 2.23. The van der Waals surface area contributed by atoms with Crippen molar-refractivity contribution in [2.75, 3.05) is 19.8 Å². The van der Waals surface area contributed by atoms with Gasteiger partial charge < -0.3 is 20.5 Å². The molecule has 1 aromatic rings. The molecule has 1 saturated heterocycles. The highest BCUT2D eigenvalue weighted by atomic mass is 79.9. The fourth-order valence-corrected chi connectivity index (χ4v) is 2.64. The molecule has 3 N–H and O–H groups in total. The van der Waals surface area contributed by atoms with Crippen molar-refractivity contribution in [3.05, 3.63) is 45.7 Å². The number of hydrogen-bond acceptors (Lipinski definition) is 4. The van der Waals surface area contributed by atoms with Gasteiger partial charge in [-0.05, 0) is 30.2 Å². The molecular formula is C17H25BrN2O2. The van der Waals surface area contributed by atoms with Gasteiger partial charge in [0.25, 0.3) is 0 Å². The zero-order chi connectivity index (χ0) is 16.2. The van der Waals surface area contributed by atoms with Crippen LogP contribution in [-0.2, 0) is 15.9 Å². The molecule has 0 aromatic heterocycles. The molecule has 0 bridgehead atoms. The average Bonchev–Trinajstić information content (AvgIpc) is 2.45. The Bertz CT molecular complexity index is 533. The highest BCUT2D eigenvalue weighted by molar-refractivity contribution is 9.10. The number of benzene rings is 1. The van der Waals surface area contributed by atoms with Gasteiger partial charge in [-0.1, -0.05) is 35.8 Å². The lowest BCUT2D eigenvalue weighted by Gasteiger charge is -2.34. The van der Waals surface area contributed by atoms with Crippen molar-refractivity contribution < 1.29 is 9.47 Å². The number of nitrogens with one attached hydrogen (secondary N) is 1. The van der Waals surface area contributed by atoms with Gasteiger partial charge in [0.05, 0.1) is 19.8 Å². The van der Waals surface area contributed by atoms with E-state index in [2.05, 4.69) is 54.2 Å². The van der Waals surface area contributed by atoms with Crippen LogP contribution in [0, 0.1) is 12.3 Å². The average molecular weight is 369 g/mol. The first-order valence-electron chi connectivity index (χ1n) is 7.52. The van der Waals surface area contributed by atoms with E-state index in [0.29, 0.717) is 6.54 Å². The Balaban J connectivity index is 1.80. The summed E-state index contributed by atoms with van der Waals surface area (Å²) in [7, 11) is 0. The number of halogens is 1. The van der Waals surface area contributed by atoms with Gasteiger partial charge in [-0.15, -0.1) is 0 Å². The molecule has 22 heavy (non-hydrogen) atoms. The van der Waals surface area contributed by atoms with E-state index in [4.69, 9.17) is 15.2 Å². The van der Waals surface area contributed by atoms with Crippen LogP contribution in [0.25, 0.3) is 0 Å². The van der Waals surface area contributed by atoms with Gasteiger partial charge in [-0.25, -0.2) is 0 Å². The highest BCUT2D eigenvalue weighted by Crippen LogP contribution is 2.22. The third-order valence-corrected chi connectivity index (χ3v) is 4.09. The van der Waals surface area contributed by atoms with E-state index < -0.39 is 0 Å². The fraction of sp³-hybridized carbons (Fsp3) is 0.529. The summed E-state index contributed by atoms with van der Waals surface area (Å²) in [4.78, 5) is 0. The molecule has 0 radical (unpaired) electrons. The number of nitrogens with two attached hydrogens (primary N) is 1. The number of hydrogen-bond donors (Lipinski definition) is 2. The van der Waals surface area contributed by atoms with Gasteiger partial charge in [0.15, 0.2) is 6.29 Å². The molecule has 5 heteroatoms. The van der Waals surface area contributed by atoms with E-state index in [1.165, 1.54) is 11.1 Å². The van der Waals surface area contributed by atoms with Gasteiger partial charge in [0, 0.05) is 28.2 Å². The maximum atomic E-state index is 6.09. The molecule has 0 unspecified atom stereocenters. The van der Waals surface area contributed by atoms with Crippen LogP contribution in [0.1, 0.15) is 25.0 Å². The molecule has 1 aromatic carbocycles. The molecule has 0 saturated carbocycles. The van der Waals surface area contributed by atoms with Crippen molar-refractivity contribution >= 4 is 15.9 Å². The second kappa shape index (κ2) is 7.49. The number of allylic oxidation sites excluding steroid dienone is 1. The van der Waals surface area contributed by atoms with Gasteiger partial charge in [0.2, 0.25) is 0 Å². The minimum Gasteiger partial charge on any atom is -0.401 e. The molecule has 0 spiro atoms. The summed E-state index contributed by atoms with van der Waals surface area (Å²) in [5.74, 6) is 0. The Morgan fingerprint density at radius 1 is 1.41 bits per heavy atom. The Morgan fingerprint density at radius 3 is 2.77 bits per heavy atom. The maximum absolute atomic E-state index is 6.09.